The van der Waals surface area contributed by atoms with Crippen molar-refractivity contribution in [2.75, 3.05) is 0 Å². The molecule has 1 heterocycles. The highest BCUT2D eigenvalue weighted by molar-refractivity contribution is 7.80. The Morgan fingerprint density at radius 2 is 1.68 bits per heavy atom. The van der Waals surface area contributed by atoms with Crippen LogP contribution in [0.3, 0.4) is 0 Å². The lowest BCUT2D eigenvalue weighted by Crippen LogP contribution is -2.51. The molecule has 1 atom stereocenters. The Kier molecular flexibility index (Phi) is 4.67. The molecule has 3 N–H and O–H groups in total. The van der Waals surface area contributed by atoms with Crippen molar-refractivity contribution in [3.63, 3.8) is 0 Å². The number of hydrogen-bond acceptors (Lipinski definition) is 3. The van der Waals surface area contributed by atoms with Gasteiger partial charge in [0, 0.05) is 6.54 Å². The van der Waals surface area contributed by atoms with E-state index in [1.165, 1.54) is 0 Å². The van der Waals surface area contributed by atoms with Gasteiger partial charge in [0.1, 0.15) is 5.54 Å². The molecular weight excluding hydrogens is 336 g/mol. The zero-order chi connectivity index (χ0) is 17.9. The van der Waals surface area contributed by atoms with Crippen molar-refractivity contribution in [2.24, 2.45) is 0 Å². The van der Waals surface area contributed by atoms with Gasteiger partial charge in [-0.25, -0.2) is 4.79 Å². The molecule has 0 spiro atoms. The first kappa shape index (κ1) is 16.9. The van der Waals surface area contributed by atoms with Crippen LogP contribution in [0, 0.1) is 0 Å². The van der Waals surface area contributed by atoms with Crippen molar-refractivity contribution in [3.05, 3.63) is 71.8 Å². The van der Waals surface area contributed by atoms with E-state index in [0.29, 0.717) is 12.1 Å². The first-order chi connectivity index (χ1) is 12.0. The molecule has 7 heteroatoms. The smallest absolute Gasteiger partial charge is 0.344 e. The number of amides is 3. The van der Waals surface area contributed by atoms with Crippen LogP contribution in [0.5, 0.6) is 0 Å². The zero-order valence-corrected chi connectivity index (χ0v) is 14.5. The van der Waals surface area contributed by atoms with Crippen LogP contribution >= 0.6 is 12.2 Å². The van der Waals surface area contributed by atoms with E-state index in [4.69, 9.17) is 12.2 Å². The molecule has 1 fully saturated rings. The van der Waals surface area contributed by atoms with E-state index in [0.717, 1.165) is 10.6 Å². The minimum absolute atomic E-state index is 0.199. The predicted molar refractivity (Wildman–Crippen MR) is 98.2 cm³/mol. The van der Waals surface area contributed by atoms with Gasteiger partial charge < -0.3 is 10.6 Å². The molecule has 0 unspecified atom stereocenters. The Morgan fingerprint density at radius 1 is 1.08 bits per heavy atom. The van der Waals surface area contributed by atoms with E-state index < -0.39 is 17.5 Å². The molecule has 0 saturated carbocycles. The monoisotopic (exact) mass is 354 g/mol. The summed E-state index contributed by atoms with van der Waals surface area (Å²) in [6.45, 7) is 2.16. The standard InChI is InChI=1S/C18H18N4O2S/c1-18(14-10-6-3-7-11-14)15(23)22(17(24)20-18)21-16(25)19-12-13-8-4-2-5-9-13/h2-11H,12H2,1H3,(H,20,24)(H2,19,21,25)/t18-/m0/s1. The summed E-state index contributed by atoms with van der Waals surface area (Å²) in [6.07, 6.45) is 0. The fourth-order valence-corrected chi connectivity index (χ4v) is 2.79. The molecule has 6 nitrogen and oxygen atoms in total. The largest absolute Gasteiger partial charge is 0.357 e. The highest BCUT2D eigenvalue weighted by Crippen LogP contribution is 2.27. The number of carbonyl (C=O) groups is 2. The van der Waals surface area contributed by atoms with Gasteiger partial charge in [-0.3, -0.25) is 10.2 Å². The molecule has 25 heavy (non-hydrogen) atoms. The van der Waals surface area contributed by atoms with E-state index >= 15 is 0 Å². The Hall–Kier alpha value is -2.93. The van der Waals surface area contributed by atoms with E-state index in [9.17, 15) is 9.59 Å². The van der Waals surface area contributed by atoms with Gasteiger partial charge in [0.05, 0.1) is 0 Å². The second-order valence-electron chi connectivity index (χ2n) is 5.84. The molecule has 0 aliphatic carbocycles. The van der Waals surface area contributed by atoms with Crippen LogP contribution in [0.1, 0.15) is 18.1 Å². The number of hydrazine groups is 1. The lowest BCUT2D eigenvalue weighted by molar-refractivity contribution is -0.132. The Morgan fingerprint density at radius 3 is 2.32 bits per heavy atom. The van der Waals surface area contributed by atoms with Gasteiger partial charge in [-0.1, -0.05) is 60.7 Å². The molecule has 0 aromatic heterocycles. The van der Waals surface area contributed by atoms with Gasteiger partial charge in [-0.2, -0.15) is 5.01 Å². The molecule has 1 saturated heterocycles. The summed E-state index contributed by atoms with van der Waals surface area (Å²) in [5.74, 6) is -0.410. The lowest BCUT2D eigenvalue weighted by atomic mass is 9.92. The second kappa shape index (κ2) is 6.90. The number of urea groups is 1. The molecule has 3 rings (SSSR count). The van der Waals surface area contributed by atoms with Crippen LogP contribution in [0.4, 0.5) is 4.79 Å². The molecule has 1 aliphatic rings. The van der Waals surface area contributed by atoms with Crippen molar-refractivity contribution in [1.29, 1.82) is 0 Å². The number of nitrogens with zero attached hydrogens (tertiary/aromatic N) is 1. The van der Waals surface area contributed by atoms with Gasteiger partial charge >= 0.3 is 6.03 Å². The summed E-state index contributed by atoms with van der Waals surface area (Å²) in [5.41, 5.74) is 3.29. The average Bonchev–Trinajstić information content (AvgIpc) is 2.86. The normalized spacial score (nSPS) is 19.5. The summed E-state index contributed by atoms with van der Waals surface area (Å²) in [5, 5.41) is 6.80. The first-order valence-electron chi connectivity index (χ1n) is 7.81. The molecule has 0 radical (unpaired) electrons. The van der Waals surface area contributed by atoms with Crippen LogP contribution in [-0.4, -0.2) is 22.1 Å². The molecule has 2 aromatic rings. The van der Waals surface area contributed by atoms with Gasteiger partial charge in [-0.15, -0.1) is 0 Å². The highest BCUT2D eigenvalue weighted by Gasteiger charge is 2.49. The molecule has 2 aromatic carbocycles. The van der Waals surface area contributed by atoms with Crippen LogP contribution in [0.15, 0.2) is 60.7 Å². The van der Waals surface area contributed by atoms with Crippen molar-refractivity contribution in [2.45, 2.75) is 19.0 Å². The van der Waals surface area contributed by atoms with E-state index in [1.54, 1.807) is 19.1 Å². The maximum Gasteiger partial charge on any atom is 0.344 e. The van der Waals surface area contributed by atoms with E-state index in [2.05, 4.69) is 16.1 Å². The minimum atomic E-state index is -1.12. The molecule has 1 aliphatic heterocycles. The maximum atomic E-state index is 12.7. The Balaban J connectivity index is 1.66. The summed E-state index contributed by atoms with van der Waals surface area (Å²) >= 11 is 5.19. The SMILES string of the molecule is C[C@@]1(c2ccccc2)NC(=O)N(NC(=S)NCc2ccccc2)C1=O. The summed E-state index contributed by atoms with van der Waals surface area (Å²) < 4.78 is 0. The lowest BCUT2D eigenvalue weighted by Gasteiger charge is -2.22. The number of thiocarbonyl (C=S) groups is 1. The van der Waals surface area contributed by atoms with Crippen LogP contribution < -0.4 is 16.1 Å². The summed E-state index contributed by atoms with van der Waals surface area (Å²) in [4.78, 5) is 25.0. The van der Waals surface area contributed by atoms with E-state index in [1.807, 2.05) is 48.5 Å². The maximum absolute atomic E-state index is 12.7. The fourth-order valence-electron chi connectivity index (χ4n) is 2.63. The molecule has 0 bridgehead atoms. The molecule has 3 amide bonds. The van der Waals surface area contributed by atoms with Gasteiger partial charge in [0.2, 0.25) is 0 Å². The third-order valence-electron chi connectivity index (χ3n) is 4.05. The van der Waals surface area contributed by atoms with Crippen molar-refractivity contribution >= 4 is 29.3 Å². The van der Waals surface area contributed by atoms with Crippen LogP contribution in [-0.2, 0) is 16.9 Å². The predicted octanol–water partition coefficient (Wildman–Crippen LogP) is 2.03. The summed E-state index contributed by atoms with van der Waals surface area (Å²) in [7, 11) is 0. The highest BCUT2D eigenvalue weighted by atomic mass is 32.1. The fraction of sp³-hybridized carbons (Fsp3) is 0.167. The second-order valence-corrected chi connectivity index (χ2v) is 6.25. The Labute approximate surface area is 151 Å². The van der Waals surface area contributed by atoms with Crippen molar-refractivity contribution in [3.8, 4) is 0 Å². The van der Waals surface area contributed by atoms with Gasteiger partial charge in [-0.05, 0) is 30.3 Å². The third-order valence-corrected chi connectivity index (χ3v) is 4.29. The number of benzene rings is 2. The Bertz CT molecular complexity index is 797. The number of hydrogen-bond donors (Lipinski definition) is 3. The number of carbonyl (C=O) groups excluding carboxylic acids is 2. The first-order valence-corrected chi connectivity index (χ1v) is 8.22. The number of nitrogens with one attached hydrogen (secondary N) is 3. The zero-order valence-electron chi connectivity index (χ0n) is 13.7. The minimum Gasteiger partial charge on any atom is -0.357 e. The molecule has 128 valence electrons. The van der Waals surface area contributed by atoms with Crippen LogP contribution in [0.2, 0.25) is 0 Å². The van der Waals surface area contributed by atoms with Crippen LogP contribution in [0.25, 0.3) is 0 Å². The topological polar surface area (TPSA) is 73.5 Å². The number of rotatable bonds is 4. The quantitative estimate of drug-likeness (QED) is 0.579. The average molecular weight is 354 g/mol. The molecular formula is C18H18N4O2S. The van der Waals surface area contributed by atoms with E-state index in [-0.39, 0.29) is 5.11 Å². The third kappa shape index (κ3) is 3.46. The van der Waals surface area contributed by atoms with Crippen molar-refractivity contribution < 1.29 is 9.59 Å². The number of imide groups is 1. The van der Waals surface area contributed by atoms with Gasteiger partial charge in [0.15, 0.2) is 5.11 Å². The van der Waals surface area contributed by atoms with Gasteiger partial charge in [0.25, 0.3) is 5.91 Å². The summed E-state index contributed by atoms with van der Waals surface area (Å²) in [6, 6.07) is 18.2. The van der Waals surface area contributed by atoms with Crippen molar-refractivity contribution in [1.82, 2.24) is 21.1 Å².